The van der Waals surface area contributed by atoms with Crippen LogP contribution in [0.25, 0.3) is 11.6 Å². The van der Waals surface area contributed by atoms with Crippen LogP contribution in [-0.2, 0) is 4.74 Å². The number of hydrogen-bond acceptors (Lipinski definition) is 4. The summed E-state index contributed by atoms with van der Waals surface area (Å²) in [4.78, 5) is 4.03. The minimum Gasteiger partial charge on any atom is -0.468 e. The van der Waals surface area contributed by atoms with Crippen LogP contribution in [0.15, 0.2) is 48.8 Å². The fourth-order valence-corrected chi connectivity index (χ4v) is 1.67. The molecule has 2 rings (SSSR count). The van der Waals surface area contributed by atoms with Crippen molar-refractivity contribution in [1.82, 2.24) is 4.98 Å². The Hall–Kier alpha value is -2.64. The molecule has 0 bridgehead atoms. The van der Waals surface area contributed by atoms with Crippen LogP contribution in [0.3, 0.4) is 0 Å². The maximum atomic E-state index is 9.26. The zero-order valence-electron chi connectivity index (χ0n) is 11.1. The van der Waals surface area contributed by atoms with Crippen LogP contribution < -0.4 is 4.74 Å². The Kier molecular flexibility index (Phi) is 4.87. The minimum absolute atomic E-state index is 0.204. The van der Waals surface area contributed by atoms with Gasteiger partial charge in [-0.05, 0) is 47.5 Å². The average Bonchev–Trinajstić information content (AvgIpc) is 2.52. The van der Waals surface area contributed by atoms with Crippen molar-refractivity contribution in [2.45, 2.75) is 0 Å². The van der Waals surface area contributed by atoms with Crippen molar-refractivity contribution in [3.05, 3.63) is 59.9 Å². The molecule has 4 heteroatoms. The van der Waals surface area contributed by atoms with Gasteiger partial charge in [0.1, 0.15) is 5.75 Å². The summed E-state index contributed by atoms with van der Waals surface area (Å²) in [6.45, 7) is 0.204. The summed E-state index contributed by atoms with van der Waals surface area (Å²) in [5.74, 6) is 0.703. The lowest BCUT2D eigenvalue weighted by molar-refractivity contribution is 0.0511. The van der Waals surface area contributed by atoms with E-state index in [1.54, 1.807) is 25.6 Å². The SMILES string of the molecule is COCOc1ccc(/C(C#N)=C/c2cccnc2)cc1. The van der Waals surface area contributed by atoms with Crippen LogP contribution in [0.2, 0.25) is 0 Å². The molecule has 1 heterocycles. The van der Waals surface area contributed by atoms with Crippen molar-refractivity contribution in [3.8, 4) is 11.8 Å². The lowest BCUT2D eigenvalue weighted by Gasteiger charge is -2.05. The van der Waals surface area contributed by atoms with Crippen molar-refractivity contribution < 1.29 is 9.47 Å². The summed E-state index contributed by atoms with van der Waals surface area (Å²) < 4.78 is 10.1. The van der Waals surface area contributed by atoms with Crippen LogP contribution in [0.5, 0.6) is 5.75 Å². The quantitative estimate of drug-likeness (QED) is 0.616. The van der Waals surface area contributed by atoms with E-state index >= 15 is 0 Å². The summed E-state index contributed by atoms with van der Waals surface area (Å²) >= 11 is 0. The Morgan fingerprint density at radius 1 is 1.30 bits per heavy atom. The number of hydrogen-bond donors (Lipinski definition) is 0. The monoisotopic (exact) mass is 266 g/mol. The summed E-state index contributed by atoms with van der Waals surface area (Å²) in [5.41, 5.74) is 2.31. The van der Waals surface area contributed by atoms with E-state index in [1.165, 1.54) is 0 Å². The van der Waals surface area contributed by atoms with Gasteiger partial charge >= 0.3 is 0 Å². The number of benzene rings is 1. The molecule has 20 heavy (non-hydrogen) atoms. The molecule has 0 unspecified atom stereocenters. The largest absolute Gasteiger partial charge is 0.468 e. The first-order valence-corrected chi connectivity index (χ1v) is 6.07. The third kappa shape index (κ3) is 3.67. The van der Waals surface area contributed by atoms with Gasteiger partial charge in [0.15, 0.2) is 6.79 Å². The highest BCUT2D eigenvalue weighted by Crippen LogP contribution is 2.20. The van der Waals surface area contributed by atoms with E-state index in [-0.39, 0.29) is 6.79 Å². The second-order valence-electron chi connectivity index (χ2n) is 4.03. The number of nitriles is 1. The van der Waals surface area contributed by atoms with Crippen LogP contribution in [0.4, 0.5) is 0 Å². The highest BCUT2D eigenvalue weighted by atomic mass is 16.7. The molecule has 1 aromatic heterocycles. The van der Waals surface area contributed by atoms with E-state index in [2.05, 4.69) is 11.1 Å². The van der Waals surface area contributed by atoms with Gasteiger partial charge in [-0.25, -0.2) is 0 Å². The van der Waals surface area contributed by atoms with Crippen LogP contribution in [0, 0.1) is 11.3 Å². The molecule has 0 aliphatic heterocycles. The van der Waals surface area contributed by atoms with Gasteiger partial charge in [-0.15, -0.1) is 0 Å². The van der Waals surface area contributed by atoms with E-state index in [4.69, 9.17) is 9.47 Å². The number of rotatable bonds is 5. The highest BCUT2D eigenvalue weighted by Gasteiger charge is 2.02. The maximum absolute atomic E-state index is 9.26. The molecule has 0 amide bonds. The molecule has 1 aromatic carbocycles. The molecule has 0 saturated heterocycles. The zero-order valence-corrected chi connectivity index (χ0v) is 11.1. The Labute approximate surface area is 117 Å². The molecule has 0 spiro atoms. The molecule has 0 aliphatic rings. The molecule has 0 saturated carbocycles. The van der Waals surface area contributed by atoms with Gasteiger partial charge in [0.25, 0.3) is 0 Å². The predicted molar refractivity (Wildman–Crippen MR) is 76.7 cm³/mol. The summed E-state index contributed by atoms with van der Waals surface area (Å²) in [5, 5.41) is 9.26. The van der Waals surface area contributed by atoms with E-state index in [9.17, 15) is 5.26 Å². The molecule has 0 aliphatic carbocycles. The van der Waals surface area contributed by atoms with Crippen LogP contribution in [-0.4, -0.2) is 18.9 Å². The number of methoxy groups -OCH3 is 1. The van der Waals surface area contributed by atoms with Gasteiger partial charge in [-0.3, -0.25) is 4.98 Å². The highest BCUT2D eigenvalue weighted by molar-refractivity contribution is 5.89. The van der Waals surface area contributed by atoms with Gasteiger partial charge < -0.3 is 9.47 Å². The Balaban J connectivity index is 2.20. The van der Waals surface area contributed by atoms with Crippen LogP contribution in [0.1, 0.15) is 11.1 Å². The number of pyridine rings is 1. The fraction of sp³-hybridized carbons (Fsp3) is 0.125. The number of aromatic nitrogens is 1. The summed E-state index contributed by atoms with van der Waals surface area (Å²) in [7, 11) is 1.57. The van der Waals surface area contributed by atoms with Crippen molar-refractivity contribution in [3.63, 3.8) is 0 Å². The molecule has 4 nitrogen and oxygen atoms in total. The first-order chi connectivity index (χ1) is 9.83. The number of nitrogens with zero attached hydrogens (tertiary/aromatic N) is 2. The van der Waals surface area contributed by atoms with Crippen molar-refractivity contribution in [2.24, 2.45) is 0 Å². The zero-order chi connectivity index (χ0) is 14.2. The third-order valence-electron chi connectivity index (χ3n) is 2.62. The first kappa shape index (κ1) is 13.8. The van der Waals surface area contributed by atoms with Gasteiger partial charge in [-0.2, -0.15) is 5.26 Å². The lowest BCUT2D eigenvalue weighted by Crippen LogP contribution is -1.98. The molecular weight excluding hydrogens is 252 g/mol. The number of ether oxygens (including phenoxy) is 2. The molecular formula is C16H14N2O2. The smallest absolute Gasteiger partial charge is 0.188 e. The second-order valence-corrected chi connectivity index (χ2v) is 4.03. The first-order valence-electron chi connectivity index (χ1n) is 6.07. The van der Waals surface area contributed by atoms with E-state index < -0.39 is 0 Å². The molecule has 100 valence electrons. The Morgan fingerprint density at radius 2 is 2.10 bits per heavy atom. The van der Waals surface area contributed by atoms with Gasteiger partial charge in [0, 0.05) is 19.5 Å². The molecule has 0 N–H and O–H groups in total. The lowest BCUT2D eigenvalue weighted by atomic mass is 10.0. The van der Waals surface area contributed by atoms with Crippen molar-refractivity contribution >= 4 is 11.6 Å². The third-order valence-corrected chi connectivity index (χ3v) is 2.62. The topological polar surface area (TPSA) is 55.1 Å². The molecule has 0 atom stereocenters. The van der Waals surface area contributed by atoms with E-state index in [1.807, 2.05) is 36.4 Å². The average molecular weight is 266 g/mol. The summed E-state index contributed by atoms with van der Waals surface area (Å²) in [6.07, 6.45) is 5.22. The Bertz CT molecular complexity index is 613. The fourth-order valence-electron chi connectivity index (χ4n) is 1.67. The molecule has 2 aromatic rings. The van der Waals surface area contributed by atoms with Gasteiger partial charge in [0.2, 0.25) is 0 Å². The maximum Gasteiger partial charge on any atom is 0.188 e. The van der Waals surface area contributed by atoms with Gasteiger partial charge in [0.05, 0.1) is 11.6 Å². The molecule has 0 radical (unpaired) electrons. The normalized spacial score (nSPS) is 10.9. The van der Waals surface area contributed by atoms with E-state index in [0.29, 0.717) is 11.3 Å². The Morgan fingerprint density at radius 3 is 2.70 bits per heavy atom. The van der Waals surface area contributed by atoms with Crippen LogP contribution >= 0.6 is 0 Å². The van der Waals surface area contributed by atoms with Crippen molar-refractivity contribution in [1.29, 1.82) is 5.26 Å². The standard InChI is InChI=1S/C16H14N2O2/c1-19-12-20-16-6-4-14(5-7-16)15(10-17)9-13-3-2-8-18-11-13/h2-9,11H,12H2,1H3/b15-9+. The van der Waals surface area contributed by atoms with Gasteiger partial charge in [-0.1, -0.05) is 6.07 Å². The summed E-state index contributed by atoms with van der Waals surface area (Å²) in [6, 6.07) is 13.2. The molecule has 0 fully saturated rings. The predicted octanol–water partition coefficient (Wildman–Crippen LogP) is 3.13. The van der Waals surface area contributed by atoms with E-state index in [0.717, 1.165) is 11.1 Å². The van der Waals surface area contributed by atoms with Crippen molar-refractivity contribution in [2.75, 3.05) is 13.9 Å². The second kappa shape index (κ2) is 7.07. The minimum atomic E-state index is 0.204. The number of allylic oxidation sites excluding steroid dienone is 1.